The third kappa shape index (κ3) is 3.72. The number of nitrogens with zero attached hydrogens (tertiary/aromatic N) is 3. The van der Waals surface area contributed by atoms with Crippen LogP contribution in [0.3, 0.4) is 0 Å². The molecule has 1 saturated carbocycles. The summed E-state index contributed by atoms with van der Waals surface area (Å²) in [5, 5.41) is 13.0. The number of halogens is 3. The lowest BCUT2D eigenvalue weighted by Crippen LogP contribution is -2.36. The van der Waals surface area contributed by atoms with Gasteiger partial charge in [-0.3, -0.25) is 14.6 Å². The zero-order valence-electron chi connectivity index (χ0n) is 12.4. The Morgan fingerprint density at radius 1 is 1.52 bits per heavy atom. The molecule has 2 heterocycles. The van der Waals surface area contributed by atoms with Gasteiger partial charge >= 0.3 is 6.18 Å². The van der Waals surface area contributed by atoms with Crippen molar-refractivity contribution in [3.63, 3.8) is 0 Å². The maximum Gasteiger partial charge on any atom is 0.435 e. The third-order valence-corrected chi connectivity index (χ3v) is 3.62. The highest BCUT2D eigenvalue weighted by Gasteiger charge is 2.33. The van der Waals surface area contributed by atoms with Gasteiger partial charge in [0.2, 0.25) is 0 Å². The summed E-state index contributed by atoms with van der Waals surface area (Å²) in [5.74, 6) is 0.107. The summed E-state index contributed by atoms with van der Waals surface area (Å²) in [4.78, 5) is 12.1. The molecule has 2 aromatic heterocycles. The van der Waals surface area contributed by atoms with E-state index < -0.39 is 11.9 Å². The largest absolute Gasteiger partial charge is 0.435 e. The van der Waals surface area contributed by atoms with Crippen molar-refractivity contribution in [3.05, 3.63) is 35.4 Å². The second-order valence-corrected chi connectivity index (χ2v) is 5.78. The van der Waals surface area contributed by atoms with E-state index >= 15 is 0 Å². The molecule has 0 spiro atoms. The lowest BCUT2D eigenvalue weighted by atomic mass is 10.2. The summed E-state index contributed by atoms with van der Waals surface area (Å²) >= 11 is 0. The molecule has 124 valence electrons. The number of aromatic nitrogens is 4. The first-order valence-electron chi connectivity index (χ1n) is 7.30. The van der Waals surface area contributed by atoms with Gasteiger partial charge in [0, 0.05) is 23.9 Å². The number of aromatic amines is 1. The van der Waals surface area contributed by atoms with Gasteiger partial charge in [-0.15, -0.1) is 0 Å². The fraction of sp³-hybridized carbons (Fsp3) is 0.500. The highest BCUT2D eigenvalue weighted by molar-refractivity contribution is 5.92. The van der Waals surface area contributed by atoms with Crippen LogP contribution in [-0.4, -0.2) is 31.9 Å². The number of alkyl halides is 3. The predicted molar refractivity (Wildman–Crippen MR) is 74.7 cm³/mol. The van der Waals surface area contributed by atoms with Crippen molar-refractivity contribution in [2.45, 2.75) is 44.4 Å². The fourth-order valence-electron chi connectivity index (χ4n) is 2.29. The van der Waals surface area contributed by atoms with Crippen molar-refractivity contribution in [3.8, 4) is 0 Å². The lowest BCUT2D eigenvalue weighted by Gasteiger charge is -2.13. The number of carbonyl (C=O) groups excluding carboxylic acids is 1. The zero-order valence-corrected chi connectivity index (χ0v) is 12.4. The maximum absolute atomic E-state index is 12.5. The minimum Gasteiger partial charge on any atom is -0.346 e. The van der Waals surface area contributed by atoms with Crippen LogP contribution in [0.1, 0.15) is 47.6 Å². The topological polar surface area (TPSA) is 75.6 Å². The van der Waals surface area contributed by atoms with Gasteiger partial charge in [-0.05, 0) is 31.9 Å². The van der Waals surface area contributed by atoms with Crippen LogP contribution < -0.4 is 5.32 Å². The van der Waals surface area contributed by atoms with Gasteiger partial charge in [-0.1, -0.05) is 0 Å². The molecule has 1 aliphatic rings. The lowest BCUT2D eigenvalue weighted by molar-refractivity contribution is -0.141. The van der Waals surface area contributed by atoms with Gasteiger partial charge in [-0.2, -0.15) is 23.4 Å². The summed E-state index contributed by atoms with van der Waals surface area (Å²) in [6, 6.07) is 2.24. The summed E-state index contributed by atoms with van der Waals surface area (Å²) in [7, 11) is 0. The Labute approximate surface area is 130 Å². The van der Waals surface area contributed by atoms with Crippen molar-refractivity contribution >= 4 is 5.91 Å². The molecule has 6 nitrogen and oxygen atoms in total. The predicted octanol–water partition coefficient (Wildman–Crippen LogP) is 2.32. The van der Waals surface area contributed by atoms with E-state index in [1.54, 1.807) is 13.0 Å². The number of carbonyl (C=O) groups is 1. The molecule has 1 fully saturated rings. The standard InChI is InChI=1S/C14H16F3N5O/c1-8(7-22-5-4-12(21-22)14(15,16)17)18-13(23)11-6-10(19-20-11)9-2-3-9/h4-6,8-9H,2-3,7H2,1H3,(H,18,23)(H,19,20). The van der Waals surface area contributed by atoms with E-state index in [0.717, 1.165) is 29.3 Å². The molecule has 1 unspecified atom stereocenters. The van der Waals surface area contributed by atoms with Crippen LogP contribution in [0, 0.1) is 0 Å². The van der Waals surface area contributed by atoms with E-state index in [1.165, 1.54) is 6.20 Å². The molecule has 0 bridgehead atoms. The average molecular weight is 327 g/mol. The second kappa shape index (κ2) is 5.71. The van der Waals surface area contributed by atoms with Crippen molar-refractivity contribution in [1.29, 1.82) is 0 Å². The van der Waals surface area contributed by atoms with Crippen molar-refractivity contribution < 1.29 is 18.0 Å². The van der Waals surface area contributed by atoms with Crippen LogP contribution in [0.25, 0.3) is 0 Å². The van der Waals surface area contributed by atoms with Gasteiger partial charge in [0.1, 0.15) is 5.69 Å². The molecule has 9 heteroatoms. The van der Waals surface area contributed by atoms with Crippen LogP contribution in [0.5, 0.6) is 0 Å². The number of rotatable bonds is 5. The fourth-order valence-corrected chi connectivity index (χ4v) is 2.29. The Morgan fingerprint density at radius 3 is 2.87 bits per heavy atom. The molecule has 1 amide bonds. The Kier molecular flexibility index (Phi) is 3.87. The Morgan fingerprint density at radius 2 is 2.26 bits per heavy atom. The molecular weight excluding hydrogens is 311 g/mol. The van der Waals surface area contributed by atoms with Gasteiger partial charge in [0.25, 0.3) is 5.91 Å². The first kappa shape index (κ1) is 15.6. The molecule has 0 aliphatic heterocycles. The van der Waals surface area contributed by atoms with E-state index in [1.807, 2.05) is 0 Å². The smallest absolute Gasteiger partial charge is 0.346 e. The number of hydrogen-bond donors (Lipinski definition) is 2. The quantitative estimate of drug-likeness (QED) is 0.885. The molecule has 1 aliphatic carbocycles. The van der Waals surface area contributed by atoms with Crippen LogP contribution in [0.2, 0.25) is 0 Å². The van der Waals surface area contributed by atoms with E-state index in [-0.39, 0.29) is 24.2 Å². The van der Waals surface area contributed by atoms with E-state index in [9.17, 15) is 18.0 Å². The van der Waals surface area contributed by atoms with Crippen LogP contribution in [0.15, 0.2) is 18.3 Å². The Balaban J connectivity index is 1.56. The van der Waals surface area contributed by atoms with Crippen LogP contribution in [0.4, 0.5) is 13.2 Å². The van der Waals surface area contributed by atoms with Crippen LogP contribution >= 0.6 is 0 Å². The molecule has 3 rings (SSSR count). The average Bonchev–Trinajstić information content (AvgIpc) is 3.00. The van der Waals surface area contributed by atoms with E-state index in [4.69, 9.17) is 0 Å². The van der Waals surface area contributed by atoms with E-state index in [0.29, 0.717) is 5.92 Å². The molecule has 0 saturated heterocycles. The summed E-state index contributed by atoms with van der Waals surface area (Å²) in [6.07, 6.45) is -1.03. The first-order chi connectivity index (χ1) is 10.8. The van der Waals surface area contributed by atoms with Crippen LogP contribution in [-0.2, 0) is 12.7 Å². The van der Waals surface area contributed by atoms with Gasteiger partial charge < -0.3 is 5.32 Å². The molecule has 1 atom stereocenters. The molecule has 0 radical (unpaired) electrons. The number of amides is 1. The van der Waals surface area contributed by atoms with Gasteiger partial charge in [-0.25, -0.2) is 0 Å². The molecule has 2 aromatic rings. The summed E-state index contributed by atoms with van der Waals surface area (Å²) in [6.45, 7) is 1.84. The first-order valence-corrected chi connectivity index (χ1v) is 7.30. The van der Waals surface area contributed by atoms with Gasteiger partial charge in [0.05, 0.1) is 6.54 Å². The highest BCUT2D eigenvalue weighted by Crippen LogP contribution is 2.38. The molecule has 23 heavy (non-hydrogen) atoms. The molecular formula is C14H16F3N5O. The zero-order chi connectivity index (χ0) is 16.6. The summed E-state index contributed by atoms with van der Waals surface area (Å²) < 4.78 is 38.6. The van der Waals surface area contributed by atoms with Crippen molar-refractivity contribution in [2.24, 2.45) is 0 Å². The minimum absolute atomic E-state index is 0.141. The number of H-pyrrole nitrogens is 1. The second-order valence-electron chi connectivity index (χ2n) is 5.78. The molecule has 2 N–H and O–H groups in total. The minimum atomic E-state index is -4.47. The summed E-state index contributed by atoms with van der Waals surface area (Å²) in [5.41, 5.74) is 0.289. The monoisotopic (exact) mass is 327 g/mol. The Hall–Kier alpha value is -2.32. The van der Waals surface area contributed by atoms with Crippen molar-refractivity contribution in [1.82, 2.24) is 25.3 Å². The number of hydrogen-bond acceptors (Lipinski definition) is 3. The third-order valence-electron chi connectivity index (χ3n) is 3.62. The normalized spacial score (nSPS) is 16.3. The maximum atomic E-state index is 12.5. The number of nitrogens with one attached hydrogen (secondary N) is 2. The highest BCUT2D eigenvalue weighted by atomic mass is 19.4. The van der Waals surface area contributed by atoms with Crippen molar-refractivity contribution in [2.75, 3.05) is 0 Å². The Bertz CT molecular complexity index is 701. The van der Waals surface area contributed by atoms with E-state index in [2.05, 4.69) is 20.6 Å². The van der Waals surface area contributed by atoms with Gasteiger partial charge in [0.15, 0.2) is 5.69 Å². The molecule has 0 aromatic carbocycles. The SMILES string of the molecule is CC(Cn1ccc(C(F)(F)F)n1)NC(=O)c1cc(C2CC2)[nH]n1.